The van der Waals surface area contributed by atoms with Crippen molar-refractivity contribution < 1.29 is 9.53 Å². The smallest absolute Gasteiger partial charge is 0.407 e. The highest BCUT2D eigenvalue weighted by atomic mass is 16.6. The third-order valence-corrected chi connectivity index (χ3v) is 3.08. The maximum absolute atomic E-state index is 11.9. The fourth-order valence-electron chi connectivity index (χ4n) is 1.87. The van der Waals surface area contributed by atoms with Crippen LogP contribution in [0.2, 0.25) is 0 Å². The van der Waals surface area contributed by atoms with E-state index < -0.39 is 11.7 Å². The number of carbonyl (C=O) groups is 1. The van der Waals surface area contributed by atoms with Crippen LogP contribution in [0.4, 0.5) is 10.6 Å². The quantitative estimate of drug-likeness (QED) is 0.859. The molecule has 0 aliphatic rings. The third kappa shape index (κ3) is 5.04. The number of hydrogen-bond donors (Lipinski definition) is 2. The molecule has 0 saturated carbocycles. The first-order chi connectivity index (χ1) is 10.7. The molecule has 0 aliphatic heterocycles. The van der Waals surface area contributed by atoms with Crippen molar-refractivity contribution >= 4 is 17.6 Å². The first kappa shape index (κ1) is 16.9. The average Bonchev–Trinajstić information content (AvgIpc) is 2.88. The van der Waals surface area contributed by atoms with E-state index in [0.717, 1.165) is 0 Å². The second-order valence-electron chi connectivity index (χ2n) is 6.62. The molecule has 0 radical (unpaired) electrons. The maximum Gasteiger partial charge on any atom is 0.407 e. The van der Waals surface area contributed by atoms with Crippen molar-refractivity contribution in [1.82, 2.24) is 30.6 Å². The monoisotopic (exact) mass is 321 g/mol. The molecule has 2 rings (SSSR count). The number of hydrogen-bond acceptors (Lipinski definition) is 7. The normalized spacial score (nSPS) is 13.1. The Morgan fingerprint density at radius 2 is 2.09 bits per heavy atom. The lowest BCUT2D eigenvalue weighted by atomic mass is 10.0. The van der Waals surface area contributed by atoms with Gasteiger partial charge in [-0.1, -0.05) is 13.8 Å². The van der Waals surface area contributed by atoms with Crippen molar-refractivity contribution in [3.05, 3.63) is 12.1 Å². The van der Waals surface area contributed by atoms with Gasteiger partial charge in [0.1, 0.15) is 11.4 Å². The van der Waals surface area contributed by atoms with Gasteiger partial charge in [-0.3, -0.25) is 0 Å². The number of amides is 1. The van der Waals surface area contributed by atoms with Gasteiger partial charge in [0.15, 0.2) is 5.65 Å². The standard InChI is InChI=1S/C14H23N7O2/c1-9(2)10(16-13(22)23-14(3,4)5)8-15-11-6-7-12-17-19-20-21(12)18-11/h6-7,9-10H,8H2,1-5H3,(H,15,18)(H,16,22). The van der Waals surface area contributed by atoms with Gasteiger partial charge in [-0.25, -0.2) is 4.79 Å². The van der Waals surface area contributed by atoms with Gasteiger partial charge in [0.05, 0.1) is 6.04 Å². The van der Waals surface area contributed by atoms with Crippen molar-refractivity contribution in [1.29, 1.82) is 0 Å². The number of carbonyl (C=O) groups excluding carboxylic acids is 1. The first-order valence-corrected chi connectivity index (χ1v) is 7.53. The molecule has 2 heterocycles. The molecule has 23 heavy (non-hydrogen) atoms. The Morgan fingerprint density at radius 1 is 1.35 bits per heavy atom. The van der Waals surface area contributed by atoms with E-state index >= 15 is 0 Å². The van der Waals surface area contributed by atoms with Gasteiger partial charge >= 0.3 is 6.09 Å². The molecule has 0 spiro atoms. The summed E-state index contributed by atoms with van der Waals surface area (Å²) in [6.45, 7) is 10.1. The molecule has 0 bridgehead atoms. The summed E-state index contributed by atoms with van der Waals surface area (Å²) in [5.74, 6) is 0.855. The van der Waals surface area contributed by atoms with Gasteiger partial charge < -0.3 is 15.4 Å². The Labute approximate surface area is 134 Å². The summed E-state index contributed by atoms with van der Waals surface area (Å²) in [5, 5.41) is 21.4. The molecule has 1 amide bonds. The summed E-state index contributed by atoms with van der Waals surface area (Å²) in [6, 6.07) is 3.45. The van der Waals surface area contributed by atoms with Crippen LogP contribution in [0.3, 0.4) is 0 Å². The molecule has 1 atom stereocenters. The molecule has 0 aliphatic carbocycles. The Bertz CT molecular complexity index is 662. The number of fused-ring (bicyclic) bond motifs is 1. The minimum absolute atomic E-state index is 0.101. The minimum Gasteiger partial charge on any atom is -0.444 e. The summed E-state index contributed by atoms with van der Waals surface area (Å²) < 4.78 is 6.63. The number of ether oxygens (including phenoxy) is 1. The largest absolute Gasteiger partial charge is 0.444 e. The Balaban J connectivity index is 1.95. The molecule has 2 aromatic rings. The predicted molar refractivity (Wildman–Crippen MR) is 85.1 cm³/mol. The van der Waals surface area contributed by atoms with Crippen molar-refractivity contribution in [3.63, 3.8) is 0 Å². The highest BCUT2D eigenvalue weighted by Crippen LogP contribution is 2.10. The zero-order valence-corrected chi connectivity index (χ0v) is 14.1. The summed E-state index contributed by atoms with van der Waals surface area (Å²) in [5.41, 5.74) is 0.0500. The van der Waals surface area contributed by atoms with Crippen LogP contribution in [0, 0.1) is 5.92 Å². The average molecular weight is 321 g/mol. The van der Waals surface area contributed by atoms with Crippen molar-refractivity contribution in [2.45, 2.75) is 46.3 Å². The molecule has 1 unspecified atom stereocenters. The second-order valence-corrected chi connectivity index (χ2v) is 6.62. The number of alkyl carbamates (subject to hydrolysis) is 1. The SMILES string of the molecule is CC(C)C(CNc1ccc2nnnn2n1)NC(=O)OC(C)(C)C. The lowest BCUT2D eigenvalue weighted by molar-refractivity contribution is 0.0494. The fourth-order valence-corrected chi connectivity index (χ4v) is 1.87. The molecular formula is C14H23N7O2. The third-order valence-electron chi connectivity index (χ3n) is 3.08. The van der Waals surface area contributed by atoms with E-state index in [1.807, 2.05) is 34.6 Å². The molecule has 0 saturated heterocycles. The van der Waals surface area contributed by atoms with Crippen LogP contribution < -0.4 is 10.6 Å². The number of rotatable bonds is 5. The lowest BCUT2D eigenvalue weighted by Gasteiger charge is -2.26. The van der Waals surface area contributed by atoms with Gasteiger partial charge in [-0.2, -0.15) is 0 Å². The molecule has 9 heteroatoms. The molecule has 2 aromatic heterocycles. The molecule has 0 fully saturated rings. The molecule has 126 valence electrons. The van der Waals surface area contributed by atoms with Crippen molar-refractivity contribution in [3.8, 4) is 0 Å². The van der Waals surface area contributed by atoms with E-state index in [0.29, 0.717) is 18.0 Å². The van der Waals surface area contributed by atoms with Gasteiger partial charge in [-0.15, -0.1) is 14.8 Å². The van der Waals surface area contributed by atoms with E-state index in [-0.39, 0.29) is 12.0 Å². The maximum atomic E-state index is 11.9. The van der Waals surface area contributed by atoms with E-state index in [1.54, 1.807) is 12.1 Å². The number of tetrazole rings is 1. The Hall–Kier alpha value is -2.45. The highest BCUT2D eigenvalue weighted by Gasteiger charge is 2.21. The molecule has 0 aromatic carbocycles. The molecular weight excluding hydrogens is 298 g/mol. The van der Waals surface area contributed by atoms with Crippen LogP contribution in [0.1, 0.15) is 34.6 Å². The summed E-state index contributed by atoms with van der Waals surface area (Å²) in [7, 11) is 0. The molecule has 2 N–H and O–H groups in total. The summed E-state index contributed by atoms with van der Waals surface area (Å²) >= 11 is 0. The zero-order valence-electron chi connectivity index (χ0n) is 14.1. The van der Waals surface area contributed by atoms with Crippen LogP contribution in [0.15, 0.2) is 12.1 Å². The van der Waals surface area contributed by atoms with Gasteiger partial charge in [-0.05, 0) is 49.2 Å². The first-order valence-electron chi connectivity index (χ1n) is 7.53. The Morgan fingerprint density at radius 3 is 2.74 bits per heavy atom. The number of anilines is 1. The van der Waals surface area contributed by atoms with Crippen LogP contribution in [-0.2, 0) is 4.74 Å². The second kappa shape index (κ2) is 6.76. The van der Waals surface area contributed by atoms with Gasteiger partial charge in [0.25, 0.3) is 0 Å². The van der Waals surface area contributed by atoms with E-state index in [1.165, 1.54) is 4.63 Å². The van der Waals surface area contributed by atoms with E-state index in [9.17, 15) is 4.79 Å². The fraction of sp³-hybridized carbons (Fsp3) is 0.643. The minimum atomic E-state index is -0.522. The Kier molecular flexibility index (Phi) is 4.97. The molecule has 9 nitrogen and oxygen atoms in total. The van der Waals surface area contributed by atoms with Gasteiger partial charge in [0, 0.05) is 6.54 Å². The number of aromatic nitrogens is 5. The van der Waals surface area contributed by atoms with Gasteiger partial charge in [0.2, 0.25) is 0 Å². The van der Waals surface area contributed by atoms with Crippen LogP contribution in [0.25, 0.3) is 5.65 Å². The van der Waals surface area contributed by atoms with Crippen LogP contribution >= 0.6 is 0 Å². The van der Waals surface area contributed by atoms with Crippen LogP contribution in [-0.4, -0.2) is 49.5 Å². The highest BCUT2D eigenvalue weighted by molar-refractivity contribution is 5.68. The summed E-state index contributed by atoms with van der Waals surface area (Å²) in [6.07, 6.45) is -0.429. The summed E-state index contributed by atoms with van der Waals surface area (Å²) in [4.78, 5) is 11.9. The van der Waals surface area contributed by atoms with E-state index in [2.05, 4.69) is 31.3 Å². The zero-order chi connectivity index (χ0) is 17.0. The topological polar surface area (TPSA) is 106 Å². The number of nitrogens with zero attached hydrogens (tertiary/aromatic N) is 5. The number of nitrogens with one attached hydrogen (secondary N) is 2. The lowest BCUT2D eigenvalue weighted by Crippen LogP contribution is -2.45. The van der Waals surface area contributed by atoms with Crippen molar-refractivity contribution in [2.24, 2.45) is 5.92 Å². The van der Waals surface area contributed by atoms with E-state index in [4.69, 9.17) is 4.74 Å². The predicted octanol–water partition coefficient (Wildman–Crippen LogP) is 1.48. The van der Waals surface area contributed by atoms with Crippen LogP contribution in [0.5, 0.6) is 0 Å². The van der Waals surface area contributed by atoms with Crippen molar-refractivity contribution in [2.75, 3.05) is 11.9 Å².